The van der Waals surface area contributed by atoms with E-state index < -0.39 is 5.91 Å². The minimum absolute atomic E-state index is 0.0776. The molecule has 0 fully saturated rings. The van der Waals surface area contributed by atoms with Crippen molar-refractivity contribution in [3.05, 3.63) is 29.8 Å². The van der Waals surface area contributed by atoms with Crippen molar-refractivity contribution in [1.29, 1.82) is 0 Å². The Labute approximate surface area is 85.0 Å². The van der Waals surface area contributed by atoms with Crippen LogP contribution in [0.4, 0.5) is 0 Å². The molecule has 0 spiro atoms. The van der Waals surface area contributed by atoms with E-state index in [-0.39, 0.29) is 6.61 Å². The fourth-order valence-electron chi connectivity index (χ4n) is 0.873. The van der Waals surface area contributed by atoms with E-state index in [0.717, 1.165) is 10.9 Å². The second-order valence-corrected chi connectivity index (χ2v) is 3.10. The van der Waals surface area contributed by atoms with Gasteiger partial charge in [0.2, 0.25) is 0 Å². The highest BCUT2D eigenvalue weighted by molar-refractivity contribution is 9.08. The van der Waals surface area contributed by atoms with E-state index in [2.05, 4.69) is 15.9 Å². The second-order valence-electron chi connectivity index (χ2n) is 2.54. The normalized spacial score (nSPS) is 9.62. The zero-order valence-corrected chi connectivity index (χ0v) is 8.58. The van der Waals surface area contributed by atoms with Gasteiger partial charge in [-0.3, -0.25) is 4.79 Å². The minimum Gasteiger partial charge on any atom is -0.484 e. The van der Waals surface area contributed by atoms with Gasteiger partial charge in [0.25, 0.3) is 5.91 Å². The molecule has 0 aromatic heterocycles. The molecule has 70 valence electrons. The van der Waals surface area contributed by atoms with Gasteiger partial charge in [0.05, 0.1) is 0 Å². The number of hydrogen-bond acceptors (Lipinski definition) is 2. The van der Waals surface area contributed by atoms with Crippen molar-refractivity contribution in [1.82, 2.24) is 0 Å². The van der Waals surface area contributed by atoms with E-state index in [0.29, 0.717) is 5.75 Å². The molecule has 13 heavy (non-hydrogen) atoms. The summed E-state index contributed by atoms with van der Waals surface area (Å²) in [5, 5.41) is 0.765. The molecule has 2 N–H and O–H groups in total. The average molecular weight is 244 g/mol. The number of halogens is 1. The monoisotopic (exact) mass is 243 g/mol. The number of amides is 1. The Hall–Kier alpha value is -1.03. The Bertz CT molecular complexity index is 301. The summed E-state index contributed by atoms with van der Waals surface area (Å²) in [5.74, 6) is 0.194. The lowest BCUT2D eigenvalue weighted by atomic mass is 10.2. The number of ether oxygens (including phenoxy) is 1. The third-order valence-corrected chi connectivity index (χ3v) is 2.08. The van der Waals surface area contributed by atoms with Crippen molar-refractivity contribution in [3.63, 3.8) is 0 Å². The maximum Gasteiger partial charge on any atom is 0.255 e. The van der Waals surface area contributed by atoms with Crippen LogP contribution in [0.1, 0.15) is 5.56 Å². The molecule has 1 amide bonds. The number of carbonyl (C=O) groups is 1. The summed E-state index contributed by atoms with van der Waals surface area (Å²) in [6, 6.07) is 7.48. The lowest BCUT2D eigenvalue weighted by Crippen LogP contribution is -2.20. The zero-order valence-electron chi connectivity index (χ0n) is 7.00. The van der Waals surface area contributed by atoms with Gasteiger partial charge in [0, 0.05) is 5.33 Å². The summed E-state index contributed by atoms with van der Waals surface area (Å²) in [7, 11) is 0. The van der Waals surface area contributed by atoms with E-state index in [9.17, 15) is 4.79 Å². The maximum absolute atomic E-state index is 10.4. The third-order valence-electron chi connectivity index (χ3n) is 1.43. The number of rotatable bonds is 4. The fraction of sp³-hybridized carbons (Fsp3) is 0.222. The SMILES string of the molecule is NC(=O)COc1cccc(CBr)c1. The number of hydrogen-bond donors (Lipinski definition) is 1. The molecule has 1 aromatic carbocycles. The van der Waals surface area contributed by atoms with Gasteiger partial charge in [0.15, 0.2) is 6.61 Å². The second kappa shape index (κ2) is 4.87. The average Bonchev–Trinajstić information content (AvgIpc) is 2.15. The molecular formula is C9H10BrNO2. The number of benzene rings is 1. The summed E-state index contributed by atoms with van der Waals surface area (Å²) in [5.41, 5.74) is 6.04. The molecule has 0 aliphatic heterocycles. The van der Waals surface area contributed by atoms with Crippen molar-refractivity contribution in [2.45, 2.75) is 5.33 Å². The molecule has 4 heteroatoms. The predicted octanol–water partition coefficient (Wildman–Crippen LogP) is 1.45. The first-order valence-electron chi connectivity index (χ1n) is 3.78. The Morgan fingerprint density at radius 3 is 2.92 bits per heavy atom. The molecule has 0 saturated heterocycles. The van der Waals surface area contributed by atoms with Gasteiger partial charge in [-0.2, -0.15) is 0 Å². The van der Waals surface area contributed by atoms with Crippen LogP contribution in [0.15, 0.2) is 24.3 Å². The number of carbonyl (C=O) groups excluding carboxylic acids is 1. The van der Waals surface area contributed by atoms with Crippen LogP contribution in [-0.2, 0) is 10.1 Å². The molecule has 0 atom stereocenters. The van der Waals surface area contributed by atoms with Crippen LogP contribution in [-0.4, -0.2) is 12.5 Å². The van der Waals surface area contributed by atoms with Crippen LogP contribution >= 0.6 is 15.9 Å². The van der Waals surface area contributed by atoms with Gasteiger partial charge in [0.1, 0.15) is 5.75 Å². The highest BCUT2D eigenvalue weighted by Crippen LogP contribution is 2.14. The van der Waals surface area contributed by atoms with E-state index in [1.165, 1.54) is 0 Å². The third kappa shape index (κ3) is 3.46. The minimum atomic E-state index is -0.468. The smallest absolute Gasteiger partial charge is 0.255 e. The van der Waals surface area contributed by atoms with Gasteiger partial charge in [-0.25, -0.2) is 0 Å². The van der Waals surface area contributed by atoms with Crippen LogP contribution in [0, 0.1) is 0 Å². The van der Waals surface area contributed by atoms with E-state index in [1.807, 2.05) is 18.2 Å². The Morgan fingerprint density at radius 1 is 1.54 bits per heavy atom. The summed E-state index contributed by atoms with van der Waals surface area (Å²) >= 11 is 3.32. The predicted molar refractivity (Wildman–Crippen MR) is 53.8 cm³/mol. The van der Waals surface area contributed by atoms with E-state index >= 15 is 0 Å². The van der Waals surface area contributed by atoms with Gasteiger partial charge in [-0.1, -0.05) is 28.1 Å². The lowest BCUT2D eigenvalue weighted by Gasteiger charge is -2.04. The highest BCUT2D eigenvalue weighted by Gasteiger charge is 1.97. The van der Waals surface area contributed by atoms with Crippen LogP contribution in [0.3, 0.4) is 0 Å². The van der Waals surface area contributed by atoms with Crippen LogP contribution < -0.4 is 10.5 Å². The van der Waals surface area contributed by atoms with Crippen LogP contribution in [0.2, 0.25) is 0 Å². The number of alkyl halides is 1. The first kappa shape index (κ1) is 10.1. The molecule has 0 unspecified atom stereocenters. The quantitative estimate of drug-likeness (QED) is 0.815. The summed E-state index contributed by atoms with van der Waals surface area (Å²) in [6.07, 6.45) is 0. The lowest BCUT2D eigenvalue weighted by molar-refractivity contribution is -0.119. The van der Waals surface area contributed by atoms with Gasteiger partial charge in [-0.15, -0.1) is 0 Å². The van der Waals surface area contributed by atoms with Gasteiger partial charge < -0.3 is 10.5 Å². The number of nitrogens with two attached hydrogens (primary N) is 1. The molecule has 0 bridgehead atoms. The molecule has 0 radical (unpaired) electrons. The fourth-order valence-corrected chi connectivity index (χ4v) is 1.22. The standard InChI is InChI=1S/C9H10BrNO2/c10-5-7-2-1-3-8(4-7)13-6-9(11)12/h1-4H,5-6H2,(H2,11,12). The van der Waals surface area contributed by atoms with E-state index in [1.54, 1.807) is 6.07 Å². The Morgan fingerprint density at radius 2 is 2.31 bits per heavy atom. The molecule has 1 aromatic rings. The zero-order chi connectivity index (χ0) is 9.68. The highest BCUT2D eigenvalue weighted by atomic mass is 79.9. The van der Waals surface area contributed by atoms with Crippen molar-refractivity contribution in [3.8, 4) is 5.75 Å². The molecule has 1 rings (SSSR count). The topological polar surface area (TPSA) is 52.3 Å². The molecule has 0 aliphatic carbocycles. The first-order valence-corrected chi connectivity index (χ1v) is 4.90. The Kier molecular flexibility index (Phi) is 3.76. The van der Waals surface area contributed by atoms with Gasteiger partial charge >= 0.3 is 0 Å². The molecule has 0 saturated carbocycles. The molecule has 0 aliphatic rings. The largest absolute Gasteiger partial charge is 0.484 e. The maximum atomic E-state index is 10.4. The molecular weight excluding hydrogens is 234 g/mol. The summed E-state index contributed by atoms with van der Waals surface area (Å²) in [4.78, 5) is 10.4. The summed E-state index contributed by atoms with van der Waals surface area (Å²) < 4.78 is 5.11. The molecule has 3 nitrogen and oxygen atoms in total. The van der Waals surface area contributed by atoms with Gasteiger partial charge in [-0.05, 0) is 17.7 Å². The van der Waals surface area contributed by atoms with E-state index in [4.69, 9.17) is 10.5 Å². The van der Waals surface area contributed by atoms with Crippen molar-refractivity contribution in [2.24, 2.45) is 5.73 Å². The summed E-state index contributed by atoms with van der Waals surface area (Å²) in [6.45, 7) is -0.0776. The first-order chi connectivity index (χ1) is 6.22. The Balaban J connectivity index is 2.61. The van der Waals surface area contributed by atoms with Crippen molar-refractivity contribution < 1.29 is 9.53 Å². The van der Waals surface area contributed by atoms with Crippen LogP contribution in [0.25, 0.3) is 0 Å². The van der Waals surface area contributed by atoms with Crippen molar-refractivity contribution in [2.75, 3.05) is 6.61 Å². The van der Waals surface area contributed by atoms with Crippen LogP contribution in [0.5, 0.6) is 5.75 Å². The van der Waals surface area contributed by atoms with Crippen molar-refractivity contribution >= 4 is 21.8 Å². The number of primary amides is 1. The molecule has 0 heterocycles.